The molecule has 4 nitrogen and oxygen atoms in total. The van der Waals surface area contributed by atoms with E-state index in [2.05, 4.69) is 5.32 Å². The second kappa shape index (κ2) is 5.31. The van der Waals surface area contributed by atoms with Crippen LogP contribution in [0, 0.1) is 5.82 Å². The second-order valence-electron chi connectivity index (χ2n) is 2.85. The highest BCUT2D eigenvalue weighted by Crippen LogP contribution is 2.19. The molecule has 0 saturated carbocycles. The minimum Gasteiger partial charge on any atom is -0.505 e. The van der Waals surface area contributed by atoms with Gasteiger partial charge in [-0.25, -0.2) is 4.39 Å². The van der Waals surface area contributed by atoms with Gasteiger partial charge in [0.15, 0.2) is 11.6 Å². The Bertz CT molecular complexity index is 355. The number of hydrogen-bond donors (Lipinski definition) is 2. The van der Waals surface area contributed by atoms with Crippen molar-refractivity contribution in [3.63, 3.8) is 0 Å². The number of nitrogens with one attached hydrogen (secondary N) is 1. The maximum atomic E-state index is 12.8. The molecular weight excluding hydrogens is 201 g/mol. The first kappa shape index (κ1) is 11.5. The summed E-state index contributed by atoms with van der Waals surface area (Å²) in [6.07, 6.45) is 0. The van der Waals surface area contributed by atoms with Crippen LogP contribution in [-0.4, -0.2) is 24.2 Å². The number of phenols is 1. The summed E-state index contributed by atoms with van der Waals surface area (Å²) in [6, 6.07) is 3.62. The van der Waals surface area contributed by atoms with E-state index in [0.717, 1.165) is 6.07 Å². The van der Waals surface area contributed by atoms with Gasteiger partial charge in [-0.05, 0) is 19.1 Å². The van der Waals surface area contributed by atoms with E-state index in [1.807, 2.05) is 0 Å². The van der Waals surface area contributed by atoms with Gasteiger partial charge in [0.1, 0.15) is 6.61 Å². The molecule has 2 N–H and O–H groups in total. The Morgan fingerprint density at radius 1 is 1.60 bits per heavy atom. The van der Waals surface area contributed by atoms with E-state index in [1.54, 1.807) is 6.92 Å². The molecular formula is C10H12FNO3. The summed E-state index contributed by atoms with van der Waals surface area (Å²) in [5.41, 5.74) is 0.287. The number of ether oxygens (including phenoxy) is 1. The summed E-state index contributed by atoms with van der Waals surface area (Å²) >= 11 is 0. The summed E-state index contributed by atoms with van der Waals surface area (Å²) in [7, 11) is 0. The maximum absolute atomic E-state index is 12.8. The van der Waals surface area contributed by atoms with Gasteiger partial charge in [0, 0.05) is 18.4 Å². The third-order valence-electron chi connectivity index (χ3n) is 1.67. The fourth-order valence-corrected chi connectivity index (χ4v) is 0.976. The van der Waals surface area contributed by atoms with Crippen LogP contribution in [0.1, 0.15) is 6.92 Å². The molecule has 0 atom stereocenters. The number of carbonyl (C=O) groups is 1. The fourth-order valence-electron chi connectivity index (χ4n) is 0.976. The Hall–Kier alpha value is -1.62. The molecule has 0 radical (unpaired) electrons. The molecule has 1 aromatic rings. The fraction of sp³-hybridized carbons (Fsp3) is 0.300. The Morgan fingerprint density at radius 2 is 2.33 bits per heavy atom. The number of hydrogen-bond acceptors (Lipinski definition) is 3. The van der Waals surface area contributed by atoms with Crippen LogP contribution < -0.4 is 5.32 Å². The molecule has 1 rings (SSSR count). The smallest absolute Gasteiger partial charge is 0.250 e. The van der Waals surface area contributed by atoms with Crippen LogP contribution in [0.3, 0.4) is 0 Å². The predicted octanol–water partition coefficient (Wildman–Crippen LogP) is 1.51. The van der Waals surface area contributed by atoms with Gasteiger partial charge >= 0.3 is 0 Å². The molecule has 0 aromatic heterocycles. The highest BCUT2D eigenvalue weighted by Gasteiger charge is 2.05. The largest absolute Gasteiger partial charge is 0.505 e. The van der Waals surface area contributed by atoms with Crippen LogP contribution in [0.4, 0.5) is 10.1 Å². The minimum atomic E-state index is -0.774. The molecule has 0 saturated heterocycles. The van der Waals surface area contributed by atoms with Crippen LogP contribution in [0.2, 0.25) is 0 Å². The van der Waals surface area contributed by atoms with Crippen molar-refractivity contribution in [2.45, 2.75) is 6.92 Å². The monoisotopic (exact) mass is 213 g/mol. The molecule has 0 aliphatic carbocycles. The first-order chi connectivity index (χ1) is 7.13. The van der Waals surface area contributed by atoms with E-state index in [0.29, 0.717) is 6.61 Å². The number of phenolic OH excluding ortho intramolecular Hbond substituents is 1. The van der Waals surface area contributed by atoms with Gasteiger partial charge in [0.25, 0.3) is 0 Å². The van der Waals surface area contributed by atoms with Gasteiger partial charge in [-0.1, -0.05) is 0 Å². The SMILES string of the molecule is CCOCC(=O)Nc1ccc(O)c(F)c1. The third-order valence-corrected chi connectivity index (χ3v) is 1.67. The molecule has 0 bridgehead atoms. The van der Waals surface area contributed by atoms with Crippen molar-refractivity contribution in [1.29, 1.82) is 0 Å². The Balaban J connectivity index is 2.57. The Morgan fingerprint density at radius 3 is 2.93 bits per heavy atom. The van der Waals surface area contributed by atoms with Gasteiger partial charge in [-0.15, -0.1) is 0 Å². The van der Waals surface area contributed by atoms with E-state index in [-0.39, 0.29) is 18.2 Å². The van der Waals surface area contributed by atoms with E-state index < -0.39 is 11.6 Å². The average Bonchev–Trinajstić information content (AvgIpc) is 2.20. The zero-order valence-corrected chi connectivity index (χ0v) is 8.29. The number of carbonyl (C=O) groups excluding carboxylic acids is 1. The van der Waals surface area contributed by atoms with Gasteiger partial charge in [0.05, 0.1) is 0 Å². The van der Waals surface area contributed by atoms with Crippen molar-refractivity contribution in [2.24, 2.45) is 0 Å². The predicted molar refractivity (Wildman–Crippen MR) is 53.2 cm³/mol. The number of halogens is 1. The molecule has 1 amide bonds. The Kier molecular flexibility index (Phi) is 4.05. The van der Waals surface area contributed by atoms with Crippen molar-refractivity contribution >= 4 is 11.6 Å². The van der Waals surface area contributed by atoms with Crippen molar-refractivity contribution in [1.82, 2.24) is 0 Å². The van der Waals surface area contributed by atoms with Crippen molar-refractivity contribution in [2.75, 3.05) is 18.5 Å². The number of anilines is 1. The van der Waals surface area contributed by atoms with Gasteiger partial charge in [0.2, 0.25) is 5.91 Å². The number of benzene rings is 1. The topological polar surface area (TPSA) is 58.6 Å². The first-order valence-electron chi connectivity index (χ1n) is 4.49. The first-order valence-corrected chi connectivity index (χ1v) is 4.49. The lowest BCUT2D eigenvalue weighted by atomic mass is 10.3. The summed E-state index contributed by atoms with van der Waals surface area (Å²) in [4.78, 5) is 11.1. The zero-order valence-electron chi connectivity index (χ0n) is 8.29. The molecule has 5 heteroatoms. The number of rotatable bonds is 4. The quantitative estimate of drug-likeness (QED) is 0.745. The number of aromatic hydroxyl groups is 1. The molecule has 82 valence electrons. The summed E-state index contributed by atoms with van der Waals surface area (Å²) in [5, 5.41) is 11.3. The highest BCUT2D eigenvalue weighted by atomic mass is 19.1. The molecule has 0 fully saturated rings. The zero-order chi connectivity index (χ0) is 11.3. The molecule has 15 heavy (non-hydrogen) atoms. The molecule has 1 aromatic carbocycles. The molecule has 0 unspecified atom stereocenters. The average molecular weight is 213 g/mol. The third kappa shape index (κ3) is 3.55. The lowest BCUT2D eigenvalue weighted by Gasteiger charge is -2.05. The second-order valence-corrected chi connectivity index (χ2v) is 2.85. The lowest BCUT2D eigenvalue weighted by molar-refractivity contribution is -0.120. The van der Waals surface area contributed by atoms with Crippen LogP contribution in [0.15, 0.2) is 18.2 Å². The summed E-state index contributed by atoms with van der Waals surface area (Å²) in [6.45, 7) is 2.14. The van der Waals surface area contributed by atoms with Crippen LogP contribution in [0.5, 0.6) is 5.75 Å². The minimum absolute atomic E-state index is 0.0704. The van der Waals surface area contributed by atoms with E-state index in [4.69, 9.17) is 9.84 Å². The number of amides is 1. The standard InChI is InChI=1S/C10H12FNO3/c1-2-15-6-10(14)12-7-3-4-9(13)8(11)5-7/h3-5,13H,2,6H2,1H3,(H,12,14). The van der Waals surface area contributed by atoms with Crippen LogP contribution >= 0.6 is 0 Å². The Labute approximate surface area is 86.7 Å². The summed E-state index contributed by atoms with van der Waals surface area (Å²) in [5.74, 6) is -1.58. The molecule has 0 heterocycles. The molecule has 0 spiro atoms. The van der Waals surface area contributed by atoms with E-state index in [1.165, 1.54) is 12.1 Å². The maximum Gasteiger partial charge on any atom is 0.250 e. The highest BCUT2D eigenvalue weighted by molar-refractivity contribution is 5.91. The van der Waals surface area contributed by atoms with E-state index in [9.17, 15) is 9.18 Å². The molecule has 0 aliphatic heterocycles. The lowest BCUT2D eigenvalue weighted by Crippen LogP contribution is -2.18. The van der Waals surface area contributed by atoms with E-state index >= 15 is 0 Å². The van der Waals surface area contributed by atoms with Crippen LogP contribution in [0.25, 0.3) is 0 Å². The van der Waals surface area contributed by atoms with Crippen molar-refractivity contribution < 1.29 is 19.0 Å². The summed E-state index contributed by atoms with van der Waals surface area (Å²) < 4.78 is 17.7. The van der Waals surface area contributed by atoms with Gasteiger partial charge in [-0.3, -0.25) is 4.79 Å². The van der Waals surface area contributed by atoms with Crippen LogP contribution in [-0.2, 0) is 9.53 Å². The normalized spacial score (nSPS) is 10.0. The van der Waals surface area contributed by atoms with Crippen molar-refractivity contribution in [3.05, 3.63) is 24.0 Å². The van der Waals surface area contributed by atoms with Gasteiger partial charge < -0.3 is 15.2 Å². The van der Waals surface area contributed by atoms with Crippen molar-refractivity contribution in [3.8, 4) is 5.75 Å². The van der Waals surface area contributed by atoms with Gasteiger partial charge in [-0.2, -0.15) is 0 Å². The molecule has 0 aliphatic rings.